The monoisotopic (exact) mass is 446 g/mol. The Morgan fingerprint density at radius 3 is 2.48 bits per heavy atom. The Balaban J connectivity index is 1.50. The lowest BCUT2D eigenvalue weighted by Crippen LogP contribution is -2.55. The van der Waals surface area contributed by atoms with E-state index in [1.807, 2.05) is 58.9 Å². The van der Waals surface area contributed by atoms with Crippen molar-refractivity contribution in [1.29, 1.82) is 0 Å². The van der Waals surface area contributed by atoms with Crippen molar-refractivity contribution in [1.82, 2.24) is 19.4 Å². The molecule has 174 valence electrons. The summed E-state index contributed by atoms with van der Waals surface area (Å²) in [5.41, 5.74) is 1.98. The van der Waals surface area contributed by atoms with Crippen molar-refractivity contribution in [3.8, 4) is 0 Å². The molecule has 0 aliphatic carbocycles. The predicted octanol–water partition coefficient (Wildman–Crippen LogP) is 4.03. The predicted molar refractivity (Wildman–Crippen MR) is 132 cm³/mol. The molecule has 2 aromatic carbocycles. The summed E-state index contributed by atoms with van der Waals surface area (Å²) < 4.78 is 1.82. The van der Waals surface area contributed by atoms with E-state index in [0.29, 0.717) is 24.9 Å². The number of rotatable bonds is 7. The van der Waals surface area contributed by atoms with Gasteiger partial charge in [0.2, 0.25) is 5.91 Å². The van der Waals surface area contributed by atoms with Crippen LogP contribution in [0.15, 0.2) is 59.4 Å². The Kier molecular flexibility index (Phi) is 7.23. The zero-order valence-corrected chi connectivity index (χ0v) is 19.9. The summed E-state index contributed by atoms with van der Waals surface area (Å²) in [5, 5.41) is 0.667. The lowest BCUT2D eigenvalue weighted by Gasteiger charge is -2.43. The molecule has 2 atom stereocenters. The van der Waals surface area contributed by atoms with Crippen molar-refractivity contribution in [3.05, 3.63) is 76.3 Å². The first-order chi connectivity index (χ1) is 16.0. The van der Waals surface area contributed by atoms with Gasteiger partial charge in [-0.1, -0.05) is 49.4 Å². The molecule has 0 bridgehead atoms. The van der Waals surface area contributed by atoms with Crippen molar-refractivity contribution in [2.75, 3.05) is 19.6 Å². The van der Waals surface area contributed by atoms with Crippen LogP contribution in [0.4, 0.5) is 0 Å². The van der Waals surface area contributed by atoms with E-state index in [2.05, 4.69) is 30.9 Å². The van der Waals surface area contributed by atoms with Gasteiger partial charge in [0.25, 0.3) is 5.56 Å². The maximum atomic E-state index is 13.1. The van der Waals surface area contributed by atoms with Gasteiger partial charge in [0.15, 0.2) is 0 Å². The molecule has 0 spiro atoms. The first kappa shape index (κ1) is 23.2. The minimum Gasteiger partial charge on any atom is -0.337 e. The molecule has 33 heavy (non-hydrogen) atoms. The minimum atomic E-state index is 0.0272. The summed E-state index contributed by atoms with van der Waals surface area (Å²) in [6, 6.07) is 17.9. The summed E-state index contributed by atoms with van der Waals surface area (Å²) in [7, 11) is 0. The number of hydrogen-bond donors (Lipinski definition) is 0. The molecule has 1 aliphatic heterocycles. The van der Waals surface area contributed by atoms with Gasteiger partial charge in [-0.15, -0.1) is 0 Å². The lowest BCUT2D eigenvalue weighted by atomic mass is 10.1. The third kappa shape index (κ3) is 4.86. The van der Waals surface area contributed by atoms with Gasteiger partial charge in [-0.2, -0.15) is 0 Å². The van der Waals surface area contributed by atoms with E-state index in [-0.39, 0.29) is 23.6 Å². The third-order valence-electron chi connectivity index (χ3n) is 6.78. The fraction of sp³-hybridized carbons (Fsp3) is 0.444. The van der Waals surface area contributed by atoms with E-state index in [1.165, 1.54) is 5.56 Å². The van der Waals surface area contributed by atoms with E-state index >= 15 is 0 Å². The number of aromatic nitrogens is 2. The van der Waals surface area contributed by atoms with E-state index in [1.54, 1.807) is 0 Å². The van der Waals surface area contributed by atoms with Gasteiger partial charge in [-0.25, -0.2) is 4.98 Å². The number of carbonyl (C=O) groups is 1. The van der Waals surface area contributed by atoms with Gasteiger partial charge in [0.1, 0.15) is 5.82 Å². The maximum Gasteiger partial charge on any atom is 0.261 e. The molecule has 0 saturated carbocycles. The molecule has 3 aromatic rings. The Morgan fingerprint density at radius 1 is 1.06 bits per heavy atom. The highest BCUT2D eigenvalue weighted by atomic mass is 16.2. The van der Waals surface area contributed by atoms with Crippen LogP contribution in [0.5, 0.6) is 0 Å². The molecule has 1 aliphatic rings. The third-order valence-corrected chi connectivity index (χ3v) is 6.78. The molecular formula is C27H34N4O2. The van der Waals surface area contributed by atoms with Gasteiger partial charge in [-0.05, 0) is 44.4 Å². The largest absolute Gasteiger partial charge is 0.337 e. The standard InChI is InChI=1S/C27H34N4O2/c1-4-24(26-28-23-14-10-9-13-22(23)27(33)30(26)5-2)29-17-18-31(20(3)19-29)25(32)16-15-21-11-7-6-8-12-21/h6-14,20,24H,4-5,15-19H2,1-3H3. The van der Waals surface area contributed by atoms with Gasteiger partial charge < -0.3 is 4.90 Å². The van der Waals surface area contributed by atoms with Crippen LogP contribution in [0, 0.1) is 0 Å². The number of piperazine rings is 1. The van der Waals surface area contributed by atoms with Crippen LogP contribution in [0.1, 0.15) is 51.0 Å². The number of nitrogens with zero attached hydrogens (tertiary/aromatic N) is 4. The Labute approximate surface area is 195 Å². The van der Waals surface area contributed by atoms with Crippen molar-refractivity contribution < 1.29 is 4.79 Å². The van der Waals surface area contributed by atoms with Crippen LogP contribution >= 0.6 is 0 Å². The summed E-state index contributed by atoms with van der Waals surface area (Å²) >= 11 is 0. The average molecular weight is 447 g/mol. The van der Waals surface area contributed by atoms with Crippen LogP contribution in [0.2, 0.25) is 0 Å². The average Bonchev–Trinajstić information content (AvgIpc) is 2.84. The van der Waals surface area contributed by atoms with Gasteiger partial charge >= 0.3 is 0 Å². The second-order valence-corrected chi connectivity index (χ2v) is 8.88. The quantitative estimate of drug-likeness (QED) is 0.550. The fourth-order valence-electron chi connectivity index (χ4n) is 5.03. The Bertz CT molecular complexity index is 1160. The molecule has 0 radical (unpaired) electrons. The smallest absolute Gasteiger partial charge is 0.261 e. The zero-order valence-electron chi connectivity index (χ0n) is 19.9. The topological polar surface area (TPSA) is 58.4 Å². The number of para-hydroxylation sites is 1. The molecule has 4 rings (SSSR count). The molecule has 0 N–H and O–H groups in total. The Hall–Kier alpha value is -2.99. The molecule has 6 nitrogen and oxygen atoms in total. The van der Waals surface area contributed by atoms with Gasteiger partial charge in [0.05, 0.1) is 16.9 Å². The number of hydrogen-bond acceptors (Lipinski definition) is 4. The van der Waals surface area contributed by atoms with Crippen molar-refractivity contribution in [2.45, 2.75) is 58.7 Å². The lowest BCUT2D eigenvalue weighted by molar-refractivity contribution is -0.136. The summed E-state index contributed by atoms with van der Waals surface area (Å²) in [5.74, 6) is 1.05. The minimum absolute atomic E-state index is 0.0272. The van der Waals surface area contributed by atoms with Crippen LogP contribution in [-0.2, 0) is 17.8 Å². The summed E-state index contributed by atoms with van der Waals surface area (Å²) in [6.07, 6.45) is 2.17. The highest BCUT2D eigenvalue weighted by Gasteiger charge is 2.32. The Morgan fingerprint density at radius 2 is 1.79 bits per heavy atom. The second kappa shape index (κ2) is 10.3. The normalized spacial score (nSPS) is 17.9. The number of amides is 1. The SMILES string of the molecule is CCC(c1nc2ccccc2c(=O)n1CC)N1CCN(C(=O)CCc2ccccc2)C(C)C1. The van der Waals surface area contributed by atoms with Crippen molar-refractivity contribution >= 4 is 16.8 Å². The highest BCUT2D eigenvalue weighted by Crippen LogP contribution is 2.27. The van der Waals surface area contributed by atoms with Gasteiger partial charge in [0, 0.05) is 38.6 Å². The molecule has 2 unspecified atom stereocenters. The van der Waals surface area contributed by atoms with Crippen LogP contribution in [0.25, 0.3) is 10.9 Å². The van der Waals surface area contributed by atoms with Gasteiger partial charge in [-0.3, -0.25) is 19.1 Å². The van der Waals surface area contributed by atoms with Crippen LogP contribution in [-0.4, -0.2) is 50.9 Å². The first-order valence-electron chi connectivity index (χ1n) is 12.1. The zero-order chi connectivity index (χ0) is 23.4. The van der Waals surface area contributed by atoms with E-state index in [0.717, 1.165) is 37.3 Å². The highest BCUT2D eigenvalue weighted by molar-refractivity contribution is 5.77. The number of fused-ring (bicyclic) bond motifs is 1. The number of carbonyl (C=O) groups excluding carboxylic acids is 1. The number of aryl methyl sites for hydroxylation is 1. The molecule has 1 saturated heterocycles. The van der Waals surface area contributed by atoms with Crippen molar-refractivity contribution in [2.24, 2.45) is 0 Å². The maximum absolute atomic E-state index is 13.1. The molecule has 1 aromatic heterocycles. The van der Waals surface area contributed by atoms with E-state index in [9.17, 15) is 9.59 Å². The summed E-state index contributed by atoms with van der Waals surface area (Å²) in [4.78, 5) is 35.4. The summed E-state index contributed by atoms with van der Waals surface area (Å²) in [6.45, 7) is 9.13. The fourth-order valence-corrected chi connectivity index (χ4v) is 5.03. The molecule has 2 heterocycles. The number of benzene rings is 2. The van der Waals surface area contributed by atoms with E-state index in [4.69, 9.17) is 4.98 Å². The molecule has 1 amide bonds. The first-order valence-corrected chi connectivity index (χ1v) is 12.1. The van der Waals surface area contributed by atoms with E-state index < -0.39 is 0 Å². The molecule has 6 heteroatoms. The second-order valence-electron chi connectivity index (χ2n) is 8.88. The van der Waals surface area contributed by atoms with Crippen LogP contribution < -0.4 is 5.56 Å². The molecule has 1 fully saturated rings. The van der Waals surface area contributed by atoms with Crippen molar-refractivity contribution in [3.63, 3.8) is 0 Å². The molecular weight excluding hydrogens is 412 g/mol. The van der Waals surface area contributed by atoms with Crippen LogP contribution in [0.3, 0.4) is 0 Å².